The lowest BCUT2D eigenvalue weighted by Gasteiger charge is -2.19. The van der Waals surface area contributed by atoms with Crippen LogP contribution in [0.1, 0.15) is 27.5 Å². The van der Waals surface area contributed by atoms with Crippen LogP contribution in [0.2, 0.25) is 0 Å². The second kappa shape index (κ2) is 6.19. The van der Waals surface area contributed by atoms with Gasteiger partial charge in [0, 0.05) is 5.39 Å². The molecule has 2 atom stereocenters. The minimum absolute atomic E-state index is 0.0984. The maximum Gasteiger partial charge on any atom is 0.309 e. The van der Waals surface area contributed by atoms with Crippen LogP contribution in [-0.2, 0) is 11.2 Å². The van der Waals surface area contributed by atoms with Crippen LogP contribution in [0.25, 0.3) is 10.8 Å². The Balaban J connectivity index is 1.69. The van der Waals surface area contributed by atoms with Crippen LogP contribution in [0.4, 0.5) is 0 Å². The molecule has 0 spiro atoms. The lowest BCUT2D eigenvalue weighted by Crippen LogP contribution is -2.34. The fourth-order valence-electron chi connectivity index (χ4n) is 3.66. The van der Waals surface area contributed by atoms with Gasteiger partial charge < -0.3 is 15.5 Å². The Morgan fingerprint density at radius 2 is 1.69 bits per heavy atom. The van der Waals surface area contributed by atoms with Crippen molar-refractivity contribution in [2.75, 3.05) is 0 Å². The minimum Gasteiger partial charge on any atom is -0.506 e. The van der Waals surface area contributed by atoms with Crippen molar-refractivity contribution >= 4 is 22.6 Å². The Bertz CT molecular complexity index is 1030. The molecule has 0 saturated carbocycles. The first-order valence-electron chi connectivity index (χ1n) is 8.38. The van der Waals surface area contributed by atoms with Crippen molar-refractivity contribution in [3.63, 3.8) is 0 Å². The predicted molar refractivity (Wildman–Crippen MR) is 97.1 cm³/mol. The maximum absolute atomic E-state index is 12.8. The zero-order valence-electron chi connectivity index (χ0n) is 13.8. The molecule has 1 aliphatic carbocycles. The van der Waals surface area contributed by atoms with E-state index in [-0.39, 0.29) is 11.3 Å². The second-order valence-electron chi connectivity index (χ2n) is 6.48. The van der Waals surface area contributed by atoms with Gasteiger partial charge in [0.2, 0.25) is 0 Å². The van der Waals surface area contributed by atoms with Crippen molar-refractivity contribution in [1.82, 2.24) is 5.32 Å². The molecule has 26 heavy (non-hydrogen) atoms. The molecule has 3 N–H and O–H groups in total. The number of amides is 1. The molecular formula is C21H17NO4. The van der Waals surface area contributed by atoms with Crippen LogP contribution in [0.3, 0.4) is 0 Å². The number of fused-ring (bicyclic) bond motifs is 2. The van der Waals surface area contributed by atoms with Crippen molar-refractivity contribution in [1.29, 1.82) is 0 Å². The topological polar surface area (TPSA) is 86.6 Å². The number of carboxylic acid groups (broad SMARTS) is 1. The third kappa shape index (κ3) is 2.58. The molecule has 5 nitrogen and oxygen atoms in total. The van der Waals surface area contributed by atoms with E-state index in [0.717, 1.165) is 16.5 Å². The van der Waals surface area contributed by atoms with Crippen LogP contribution in [0, 0.1) is 5.92 Å². The van der Waals surface area contributed by atoms with Gasteiger partial charge >= 0.3 is 5.97 Å². The number of nitrogens with one attached hydrogen (secondary N) is 1. The van der Waals surface area contributed by atoms with E-state index < -0.39 is 23.8 Å². The summed E-state index contributed by atoms with van der Waals surface area (Å²) in [5.41, 5.74) is 1.87. The molecule has 0 radical (unpaired) electrons. The molecule has 5 heteroatoms. The standard InChI is InChI=1S/C21H17NO4/c23-19-15-8-4-1-5-12(15)9-10-16(19)20(24)22-18-14-7-3-2-6-13(14)11-17(18)21(25)26/h1-10,17-18,23H,11H2,(H,22,24)(H,25,26). The number of phenols is 1. The molecule has 0 bridgehead atoms. The number of phenolic OH excluding ortho intramolecular Hbond substituents is 1. The normalized spacial score (nSPS) is 18.5. The zero-order chi connectivity index (χ0) is 18.3. The van der Waals surface area contributed by atoms with Crippen molar-refractivity contribution in [3.8, 4) is 5.75 Å². The largest absolute Gasteiger partial charge is 0.506 e. The van der Waals surface area contributed by atoms with Gasteiger partial charge in [0.25, 0.3) is 5.91 Å². The highest BCUT2D eigenvalue weighted by atomic mass is 16.4. The predicted octanol–water partition coefficient (Wildman–Crippen LogP) is 3.27. The summed E-state index contributed by atoms with van der Waals surface area (Å²) >= 11 is 0. The molecule has 0 aromatic heterocycles. The molecule has 1 amide bonds. The Morgan fingerprint density at radius 1 is 0.962 bits per heavy atom. The van der Waals surface area contributed by atoms with Crippen LogP contribution in [0.5, 0.6) is 5.75 Å². The molecule has 2 unspecified atom stereocenters. The molecule has 0 aliphatic heterocycles. The van der Waals surface area contributed by atoms with E-state index in [2.05, 4.69) is 5.32 Å². The maximum atomic E-state index is 12.8. The number of rotatable bonds is 3. The van der Waals surface area contributed by atoms with Gasteiger partial charge in [-0.25, -0.2) is 0 Å². The molecule has 0 saturated heterocycles. The molecule has 0 heterocycles. The summed E-state index contributed by atoms with van der Waals surface area (Å²) in [5.74, 6) is -2.26. The number of carboxylic acids is 1. The van der Waals surface area contributed by atoms with Gasteiger partial charge in [0.05, 0.1) is 17.5 Å². The summed E-state index contributed by atoms with van der Waals surface area (Å²) in [6.07, 6.45) is 0.375. The van der Waals surface area contributed by atoms with E-state index in [1.165, 1.54) is 0 Å². The lowest BCUT2D eigenvalue weighted by molar-refractivity contribution is -0.142. The van der Waals surface area contributed by atoms with Gasteiger partial charge in [0.1, 0.15) is 5.75 Å². The number of hydrogen-bond donors (Lipinski definition) is 3. The summed E-state index contributed by atoms with van der Waals surface area (Å²) in [6.45, 7) is 0. The van der Waals surface area contributed by atoms with E-state index in [1.54, 1.807) is 24.3 Å². The van der Waals surface area contributed by atoms with E-state index >= 15 is 0 Å². The SMILES string of the molecule is O=C(NC1c2ccccc2CC1C(=O)O)c1ccc2ccccc2c1O. The van der Waals surface area contributed by atoms with E-state index in [4.69, 9.17) is 0 Å². The third-order valence-corrected chi connectivity index (χ3v) is 4.98. The van der Waals surface area contributed by atoms with E-state index in [9.17, 15) is 19.8 Å². The van der Waals surface area contributed by atoms with Crippen molar-refractivity contribution in [2.45, 2.75) is 12.5 Å². The number of carbonyl (C=O) groups is 2. The number of benzene rings is 3. The smallest absolute Gasteiger partial charge is 0.309 e. The molecule has 130 valence electrons. The van der Waals surface area contributed by atoms with Gasteiger partial charge in [-0.3, -0.25) is 9.59 Å². The summed E-state index contributed by atoms with van der Waals surface area (Å²) in [7, 11) is 0. The quantitative estimate of drug-likeness (QED) is 0.679. The average Bonchev–Trinajstić information content (AvgIpc) is 3.01. The van der Waals surface area contributed by atoms with E-state index in [1.807, 2.05) is 36.4 Å². The molecule has 0 fully saturated rings. The van der Waals surface area contributed by atoms with Gasteiger partial charge in [-0.05, 0) is 29.0 Å². The highest BCUT2D eigenvalue weighted by Gasteiger charge is 2.38. The van der Waals surface area contributed by atoms with Gasteiger partial charge in [0.15, 0.2) is 0 Å². The summed E-state index contributed by atoms with van der Waals surface area (Å²) in [4.78, 5) is 24.4. The van der Waals surface area contributed by atoms with Crippen molar-refractivity contribution in [3.05, 3.63) is 77.4 Å². The monoisotopic (exact) mass is 347 g/mol. The minimum atomic E-state index is -0.950. The van der Waals surface area contributed by atoms with Crippen LogP contribution in [0.15, 0.2) is 60.7 Å². The Kier molecular flexibility index (Phi) is 3.84. The first kappa shape index (κ1) is 16.1. The zero-order valence-corrected chi connectivity index (χ0v) is 13.8. The van der Waals surface area contributed by atoms with Crippen LogP contribution >= 0.6 is 0 Å². The molecule has 3 aromatic carbocycles. The number of aliphatic carboxylic acids is 1. The fourth-order valence-corrected chi connectivity index (χ4v) is 3.66. The van der Waals surface area contributed by atoms with Crippen molar-refractivity contribution < 1.29 is 19.8 Å². The van der Waals surface area contributed by atoms with E-state index in [0.29, 0.717) is 11.8 Å². The average molecular weight is 347 g/mol. The van der Waals surface area contributed by atoms with Crippen molar-refractivity contribution in [2.24, 2.45) is 5.92 Å². The second-order valence-corrected chi connectivity index (χ2v) is 6.48. The summed E-state index contributed by atoms with van der Waals surface area (Å²) in [5, 5.41) is 24.2. The molecule has 1 aliphatic rings. The Morgan fingerprint density at radius 3 is 2.50 bits per heavy atom. The number of hydrogen-bond acceptors (Lipinski definition) is 3. The number of aromatic hydroxyl groups is 1. The highest BCUT2D eigenvalue weighted by Crippen LogP contribution is 2.37. The number of carbonyl (C=O) groups excluding carboxylic acids is 1. The first-order valence-corrected chi connectivity index (χ1v) is 8.38. The lowest BCUT2D eigenvalue weighted by atomic mass is 9.99. The summed E-state index contributed by atoms with van der Waals surface area (Å²) in [6, 6.07) is 17.3. The van der Waals surface area contributed by atoms with Gasteiger partial charge in [-0.1, -0.05) is 54.6 Å². The Labute approximate surface area is 149 Å². The Hall–Kier alpha value is -3.34. The molecule has 4 rings (SSSR count). The highest BCUT2D eigenvalue weighted by molar-refractivity contribution is 6.03. The van der Waals surface area contributed by atoms with Crippen LogP contribution in [-0.4, -0.2) is 22.1 Å². The van der Waals surface area contributed by atoms with Gasteiger partial charge in [-0.2, -0.15) is 0 Å². The van der Waals surface area contributed by atoms with Gasteiger partial charge in [-0.15, -0.1) is 0 Å². The summed E-state index contributed by atoms with van der Waals surface area (Å²) < 4.78 is 0. The van der Waals surface area contributed by atoms with Crippen LogP contribution < -0.4 is 5.32 Å². The molecular weight excluding hydrogens is 330 g/mol. The first-order chi connectivity index (χ1) is 12.6. The third-order valence-electron chi connectivity index (χ3n) is 4.98. The fraction of sp³-hybridized carbons (Fsp3) is 0.143. The molecule has 3 aromatic rings.